The van der Waals surface area contributed by atoms with Gasteiger partial charge in [-0.05, 0) is 48.1 Å². The Morgan fingerprint density at radius 3 is 3.00 bits per heavy atom. The van der Waals surface area contributed by atoms with Gasteiger partial charge in [-0.3, -0.25) is 4.40 Å². The van der Waals surface area contributed by atoms with Gasteiger partial charge in [0, 0.05) is 25.2 Å². The van der Waals surface area contributed by atoms with E-state index in [1.165, 1.54) is 23.1 Å². The number of pyridine rings is 1. The fraction of sp³-hybridized carbons (Fsp3) is 0.368. The van der Waals surface area contributed by atoms with Crippen LogP contribution >= 0.6 is 0 Å². The molecule has 0 fully saturated rings. The highest BCUT2D eigenvalue weighted by molar-refractivity contribution is 5.43. The van der Waals surface area contributed by atoms with Gasteiger partial charge >= 0.3 is 0 Å². The summed E-state index contributed by atoms with van der Waals surface area (Å²) in [6.45, 7) is 5.47. The van der Waals surface area contributed by atoms with Crippen LogP contribution in [-0.4, -0.2) is 21.1 Å². The zero-order valence-electron chi connectivity index (χ0n) is 13.7. The molecule has 2 heterocycles. The molecule has 23 heavy (non-hydrogen) atoms. The smallest absolute Gasteiger partial charge is 0.160 e. The standard InChI is InChI=1S/C19H22N4/c1-13-6-5-7-15-16(12-14(2)19(13)15)20-10-9-18-22-21-17-8-3-4-11-23(17)18/h3-8,11,14,16,20H,9-10,12H2,1-2H3/t14-,16-/m1/s1. The fourth-order valence-electron chi connectivity index (χ4n) is 3.89. The van der Waals surface area contributed by atoms with Crippen molar-refractivity contribution >= 4 is 5.65 Å². The largest absolute Gasteiger partial charge is 0.309 e. The Balaban J connectivity index is 1.46. The molecule has 2 aromatic heterocycles. The summed E-state index contributed by atoms with van der Waals surface area (Å²) in [7, 11) is 0. The summed E-state index contributed by atoms with van der Waals surface area (Å²) in [6.07, 6.45) is 4.10. The first-order valence-corrected chi connectivity index (χ1v) is 8.35. The van der Waals surface area contributed by atoms with Crippen LogP contribution in [0.15, 0.2) is 42.6 Å². The molecule has 1 aromatic carbocycles. The van der Waals surface area contributed by atoms with Crippen LogP contribution in [0.1, 0.15) is 47.8 Å². The Bertz CT molecular complexity index is 836. The van der Waals surface area contributed by atoms with Crippen molar-refractivity contribution in [3.8, 4) is 0 Å². The van der Waals surface area contributed by atoms with Crippen molar-refractivity contribution in [2.24, 2.45) is 0 Å². The second-order valence-corrected chi connectivity index (χ2v) is 6.52. The number of nitrogens with zero attached hydrogens (tertiary/aromatic N) is 3. The van der Waals surface area contributed by atoms with E-state index >= 15 is 0 Å². The van der Waals surface area contributed by atoms with E-state index in [9.17, 15) is 0 Å². The fourth-order valence-corrected chi connectivity index (χ4v) is 3.89. The molecular weight excluding hydrogens is 284 g/mol. The maximum atomic E-state index is 4.31. The van der Waals surface area contributed by atoms with E-state index in [2.05, 4.69) is 52.0 Å². The predicted molar refractivity (Wildman–Crippen MR) is 91.6 cm³/mol. The lowest BCUT2D eigenvalue weighted by Crippen LogP contribution is -2.22. The maximum absolute atomic E-state index is 4.31. The highest BCUT2D eigenvalue weighted by atomic mass is 15.2. The predicted octanol–water partition coefficient (Wildman–Crippen LogP) is 3.42. The summed E-state index contributed by atoms with van der Waals surface area (Å²) in [5, 5.41) is 12.2. The molecule has 4 rings (SSSR count). The molecule has 1 aliphatic rings. The van der Waals surface area contributed by atoms with E-state index in [1.807, 2.05) is 24.4 Å². The van der Waals surface area contributed by atoms with Gasteiger partial charge < -0.3 is 5.32 Å². The van der Waals surface area contributed by atoms with Gasteiger partial charge in [0.15, 0.2) is 5.65 Å². The van der Waals surface area contributed by atoms with Gasteiger partial charge in [0.05, 0.1) is 0 Å². The van der Waals surface area contributed by atoms with E-state index < -0.39 is 0 Å². The average molecular weight is 306 g/mol. The van der Waals surface area contributed by atoms with E-state index in [0.717, 1.165) is 24.4 Å². The van der Waals surface area contributed by atoms with Crippen LogP contribution in [0.2, 0.25) is 0 Å². The molecule has 0 bridgehead atoms. The number of nitrogens with one attached hydrogen (secondary N) is 1. The van der Waals surface area contributed by atoms with Crippen molar-refractivity contribution in [3.05, 3.63) is 65.1 Å². The summed E-state index contributed by atoms with van der Waals surface area (Å²) in [5.74, 6) is 1.65. The molecule has 0 saturated carbocycles. The molecule has 2 atom stereocenters. The van der Waals surface area contributed by atoms with Crippen molar-refractivity contribution in [1.29, 1.82) is 0 Å². The first-order valence-electron chi connectivity index (χ1n) is 8.35. The summed E-state index contributed by atoms with van der Waals surface area (Å²) in [6, 6.07) is 13.1. The summed E-state index contributed by atoms with van der Waals surface area (Å²) in [5.41, 5.74) is 5.35. The molecule has 118 valence electrons. The zero-order valence-corrected chi connectivity index (χ0v) is 13.7. The molecule has 1 N–H and O–H groups in total. The molecule has 0 spiro atoms. The van der Waals surface area contributed by atoms with Crippen molar-refractivity contribution in [3.63, 3.8) is 0 Å². The molecule has 3 aromatic rings. The van der Waals surface area contributed by atoms with Gasteiger partial charge in [0.25, 0.3) is 0 Å². The maximum Gasteiger partial charge on any atom is 0.160 e. The van der Waals surface area contributed by atoms with Gasteiger partial charge in [-0.25, -0.2) is 0 Å². The lowest BCUT2D eigenvalue weighted by molar-refractivity contribution is 0.504. The molecule has 4 heteroatoms. The van der Waals surface area contributed by atoms with Gasteiger partial charge in [0.1, 0.15) is 5.82 Å². The van der Waals surface area contributed by atoms with Gasteiger partial charge in [-0.2, -0.15) is 0 Å². The minimum Gasteiger partial charge on any atom is -0.309 e. The van der Waals surface area contributed by atoms with E-state index in [-0.39, 0.29) is 0 Å². The topological polar surface area (TPSA) is 42.2 Å². The summed E-state index contributed by atoms with van der Waals surface area (Å²) in [4.78, 5) is 0. The Morgan fingerprint density at radius 1 is 1.17 bits per heavy atom. The van der Waals surface area contributed by atoms with Crippen LogP contribution in [0.25, 0.3) is 5.65 Å². The van der Waals surface area contributed by atoms with E-state index in [0.29, 0.717) is 12.0 Å². The molecule has 0 radical (unpaired) electrons. The van der Waals surface area contributed by atoms with E-state index in [1.54, 1.807) is 0 Å². The van der Waals surface area contributed by atoms with E-state index in [4.69, 9.17) is 0 Å². The third-order valence-electron chi connectivity index (χ3n) is 4.94. The van der Waals surface area contributed by atoms with Crippen LogP contribution in [0.4, 0.5) is 0 Å². The first-order chi connectivity index (χ1) is 11.2. The highest BCUT2D eigenvalue weighted by Gasteiger charge is 2.28. The minimum atomic E-state index is 0.457. The quantitative estimate of drug-likeness (QED) is 0.803. The van der Waals surface area contributed by atoms with Gasteiger partial charge in [-0.15, -0.1) is 10.2 Å². The summed E-state index contributed by atoms with van der Waals surface area (Å²) >= 11 is 0. The molecule has 4 nitrogen and oxygen atoms in total. The number of rotatable bonds is 4. The summed E-state index contributed by atoms with van der Waals surface area (Å²) < 4.78 is 2.07. The van der Waals surface area contributed by atoms with Crippen LogP contribution in [0.5, 0.6) is 0 Å². The van der Waals surface area contributed by atoms with Gasteiger partial charge in [0.2, 0.25) is 0 Å². The van der Waals surface area contributed by atoms with Crippen LogP contribution in [0.3, 0.4) is 0 Å². The number of aromatic nitrogens is 3. The minimum absolute atomic E-state index is 0.457. The Hall–Kier alpha value is -2.20. The molecule has 0 unspecified atom stereocenters. The second-order valence-electron chi connectivity index (χ2n) is 6.52. The zero-order chi connectivity index (χ0) is 15.8. The Labute approximate surface area is 136 Å². The molecule has 0 amide bonds. The number of fused-ring (bicyclic) bond motifs is 2. The lowest BCUT2D eigenvalue weighted by atomic mass is 9.98. The SMILES string of the molecule is Cc1cccc2c1[C@H](C)C[C@H]2NCCc1nnc2ccccn12. The van der Waals surface area contributed by atoms with Crippen molar-refractivity contribution < 1.29 is 0 Å². The average Bonchev–Trinajstić information content (AvgIpc) is 3.11. The monoisotopic (exact) mass is 306 g/mol. The van der Waals surface area contributed by atoms with Crippen molar-refractivity contribution in [1.82, 2.24) is 19.9 Å². The lowest BCUT2D eigenvalue weighted by Gasteiger charge is -2.14. The number of benzene rings is 1. The van der Waals surface area contributed by atoms with Crippen molar-refractivity contribution in [2.45, 2.75) is 38.6 Å². The van der Waals surface area contributed by atoms with Crippen LogP contribution < -0.4 is 5.32 Å². The number of hydrogen-bond acceptors (Lipinski definition) is 3. The number of aryl methyl sites for hydroxylation is 1. The highest BCUT2D eigenvalue weighted by Crippen LogP contribution is 2.41. The van der Waals surface area contributed by atoms with Crippen molar-refractivity contribution in [2.75, 3.05) is 6.54 Å². The van der Waals surface area contributed by atoms with Crippen LogP contribution in [0, 0.1) is 6.92 Å². The second kappa shape index (κ2) is 5.78. The third-order valence-corrected chi connectivity index (χ3v) is 4.94. The van der Waals surface area contributed by atoms with Gasteiger partial charge in [-0.1, -0.05) is 31.2 Å². The molecule has 0 saturated heterocycles. The Morgan fingerprint density at radius 2 is 2.09 bits per heavy atom. The Kier molecular flexibility index (Phi) is 3.62. The van der Waals surface area contributed by atoms with Crippen LogP contribution in [-0.2, 0) is 6.42 Å². The number of hydrogen-bond donors (Lipinski definition) is 1. The molecular formula is C19H22N4. The first kappa shape index (κ1) is 14.4. The molecule has 0 aliphatic heterocycles. The third kappa shape index (κ3) is 2.53. The molecule has 1 aliphatic carbocycles. The normalized spacial score (nSPS) is 20.1.